The predicted molar refractivity (Wildman–Crippen MR) is 76.9 cm³/mol. The zero-order chi connectivity index (χ0) is 13.9. The molecule has 0 bridgehead atoms. The van der Waals surface area contributed by atoms with Crippen LogP contribution in [0.5, 0.6) is 0 Å². The van der Waals surface area contributed by atoms with Gasteiger partial charge in [-0.1, -0.05) is 12.1 Å². The molecule has 0 unspecified atom stereocenters. The summed E-state index contributed by atoms with van der Waals surface area (Å²) in [7, 11) is -3.17. The van der Waals surface area contributed by atoms with Crippen LogP contribution in [0, 0.1) is 0 Å². The largest absolute Gasteiger partial charge is 0.338 e. The first-order valence-corrected chi connectivity index (χ1v) is 8.80. The quantitative estimate of drug-likeness (QED) is 0.785. The average Bonchev–Trinajstić information content (AvgIpc) is 2.81. The number of amides is 1. The van der Waals surface area contributed by atoms with Crippen molar-refractivity contribution in [3.8, 4) is 0 Å². The first-order valence-electron chi connectivity index (χ1n) is 6.21. The molecule has 0 aliphatic carbocycles. The Morgan fingerprint density at radius 1 is 1.47 bits per heavy atom. The van der Waals surface area contributed by atoms with Crippen molar-refractivity contribution in [2.24, 2.45) is 0 Å². The minimum absolute atomic E-state index is 0.0405. The summed E-state index contributed by atoms with van der Waals surface area (Å²) in [6, 6.07) is 3.72. The van der Waals surface area contributed by atoms with E-state index in [0.29, 0.717) is 13.0 Å². The molecule has 6 heteroatoms. The molecule has 1 aliphatic heterocycles. The van der Waals surface area contributed by atoms with Crippen LogP contribution in [-0.4, -0.2) is 38.1 Å². The van der Waals surface area contributed by atoms with E-state index in [9.17, 15) is 13.2 Å². The van der Waals surface area contributed by atoms with Gasteiger partial charge in [0.05, 0.1) is 11.0 Å². The molecule has 104 valence electrons. The number of carbonyl (C=O) groups excluding carboxylic acids is 1. The van der Waals surface area contributed by atoms with Crippen LogP contribution >= 0.6 is 11.3 Å². The van der Waals surface area contributed by atoms with E-state index in [1.807, 2.05) is 17.5 Å². The first kappa shape index (κ1) is 14.3. The number of thiophene rings is 1. The number of hydrogen-bond acceptors (Lipinski definition) is 4. The van der Waals surface area contributed by atoms with Crippen molar-refractivity contribution >= 4 is 27.1 Å². The molecule has 1 amide bonds. The van der Waals surface area contributed by atoms with Gasteiger partial charge in [-0.2, -0.15) is 0 Å². The van der Waals surface area contributed by atoms with Crippen LogP contribution < -0.4 is 0 Å². The van der Waals surface area contributed by atoms with Gasteiger partial charge in [-0.25, -0.2) is 8.42 Å². The number of rotatable bonds is 2. The second-order valence-corrected chi connectivity index (χ2v) is 7.77. The molecule has 4 nitrogen and oxygen atoms in total. The monoisotopic (exact) mass is 299 g/mol. The first-order chi connectivity index (χ1) is 9.04. The number of hydrogen-bond donors (Lipinski definition) is 0. The van der Waals surface area contributed by atoms with Crippen LogP contribution in [0.1, 0.15) is 23.5 Å². The summed E-state index contributed by atoms with van der Waals surface area (Å²) in [5.74, 6) is -0.0664. The number of nitrogens with zero attached hydrogens (tertiary/aromatic N) is 1. The molecule has 1 saturated heterocycles. The number of sulfone groups is 1. The summed E-state index contributed by atoms with van der Waals surface area (Å²) in [5.41, 5.74) is 0. The van der Waals surface area contributed by atoms with Gasteiger partial charge in [0.1, 0.15) is 0 Å². The van der Waals surface area contributed by atoms with Gasteiger partial charge in [0, 0.05) is 18.0 Å². The second kappa shape index (κ2) is 5.88. The van der Waals surface area contributed by atoms with Gasteiger partial charge in [0.15, 0.2) is 9.84 Å². The molecule has 2 rings (SSSR count). The molecule has 1 aliphatic rings. The highest BCUT2D eigenvalue weighted by Gasteiger charge is 2.32. The Kier molecular flexibility index (Phi) is 4.42. The standard InChI is InChI=1S/C13H17NO3S2/c1-2-4-13(15)14-7-6-12(11-5-3-9-18-11)19(16,17)10-8-14/h2-5,9,12H,6-8,10H2,1H3/b4-2+/t12-/m1/s1. The lowest BCUT2D eigenvalue weighted by Gasteiger charge is -2.17. The van der Waals surface area contributed by atoms with E-state index in [1.54, 1.807) is 17.9 Å². The van der Waals surface area contributed by atoms with Crippen LogP contribution in [0.2, 0.25) is 0 Å². The molecule has 1 aromatic rings. The van der Waals surface area contributed by atoms with Crippen molar-refractivity contribution in [3.63, 3.8) is 0 Å². The third kappa shape index (κ3) is 3.25. The summed E-state index contributed by atoms with van der Waals surface area (Å²) >= 11 is 1.46. The summed E-state index contributed by atoms with van der Waals surface area (Å²) in [4.78, 5) is 14.3. The van der Waals surface area contributed by atoms with E-state index >= 15 is 0 Å². The second-order valence-electron chi connectivity index (χ2n) is 4.49. The Bertz CT molecular complexity index is 561. The van der Waals surface area contributed by atoms with Crippen LogP contribution in [-0.2, 0) is 14.6 Å². The van der Waals surface area contributed by atoms with Crippen molar-refractivity contribution in [2.75, 3.05) is 18.8 Å². The maximum absolute atomic E-state index is 12.3. The van der Waals surface area contributed by atoms with Crippen molar-refractivity contribution in [1.29, 1.82) is 0 Å². The van der Waals surface area contributed by atoms with E-state index in [0.717, 1.165) is 4.88 Å². The Morgan fingerprint density at radius 3 is 2.89 bits per heavy atom. The molecule has 0 saturated carbocycles. The lowest BCUT2D eigenvalue weighted by Crippen LogP contribution is -2.32. The van der Waals surface area contributed by atoms with E-state index in [1.165, 1.54) is 17.4 Å². The summed E-state index contributed by atoms with van der Waals surface area (Å²) < 4.78 is 24.6. The molecule has 1 aromatic heterocycles. The highest BCUT2D eigenvalue weighted by Crippen LogP contribution is 2.32. The lowest BCUT2D eigenvalue weighted by atomic mass is 10.2. The van der Waals surface area contributed by atoms with E-state index in [-0.39, 0.29) is 18.2 Å². The summed E-state index contributed by atoms with van der Waals surface area (Å²) in [6.45, 7) is 2.55. The van der Waals surface area contributed by atoms with Gasteiger partial charge >= 0.3 is 0 Å². The molecular formula is C13H17NO3S2. The van der Waals surface area contributed by atoms with Gasteiger partial charge in [0.25, 0.3) is 0 Å². The fourth-order valence-electron chi connectivity index (χ4n) is 2.21. The average molecular weight is 299 g/mol. The predicted octanol–water partition coefficient (Wildman–Crippen LogP) is 2.01. The Morgan fingerprint density at radius 2 is 2.26 bits per heavy atom. The van der Waals surface area contributed by atoms with Crippen LogP contribution in [0.15, 0.2) is 29.7 Å². The third-order valence-electron chi connectivity index (χ3n) is 3.22. The molecule has 0 aromatic carbocycles. The third-order valence-corrected chi connectivity index (χ3v) is 6.47. The zero-order valence-corrected chi connectivity index (χ0v) is 12.4. The maximum Gasteiger partial charge on any atom is 0.246 e. The number of carbonyl (C=O) groups is 1. The SMILES string of the molecule is C/C=C/C(=O)N1CC[C@H](c2cccs2)S(=O)(=O)CC1. The molecule has 0 radical (unpaired) electrons. The van der Waals surface area contributed by atoms with E-state index in [4.69, 9.17) is 0 Å². The molecule has 19 heavy (non-hydrogen) atoms. The smallest absolute Gasteiger partial charge is 0.246 e. The van der Waals surface area contributed by atoms with Crippen molar-refractivity contribution in [1.82, 2.24) is 4.90 Å². The molecule has 1 fully saturated rings. The minimum Gasteiger partial charge on any atom is -0.338 e. The van der Waals surface area contributed by atoms with Gasteiger partial charge in [-0.05, 0) is 30.9 Å². The zero-order valence-electron chi connectivity index (χ0n) is 10.8. The Hall–Kier alpha value is -1.14. The molecule has 0 spiro atoms. The van der Waals surface area contributed by atoms with Crippen molar-refractivity contribution in [2.45, 2.75) is 18.6 Å². The van der Waals surface area contributed by atoms with Crippen molar-refractivity contribution < 1.29 is 13.2 Å². The highest BCUT2D eigenvalue weighted by molar-refractivity contribution is 7.91. The van der Waals surface area contributed by atoms with Gasteiger partial charge in [0.2, 0.25) is 5.91 Å². The molecular weight excluding hydrogens is 282 g/mol. The topological polar surface area (TPSA) is 54.5 Å². The molecule has 0 N–H and O–H groups in total. The van der Waals surface area contributed by atoms with E-state index in [2.05, 4.69) is 0 Å². The Balaban J connectivity index is 2.19. The van der Waals surface area contributed by atoms with Crippen LogP contribution in [0.4, 0.5) is 0 Å². The van der Waals surface area contributed by atoms with Crippen LogP contribution in [0.3, 0.4) is 0 Å². The maximum atomic E-state index is 12.3. The van der Waals surface area contributed by atoms with Gasteiger partial charge in [-0.3, -0.25) is 4.79 Å². The van der Waals surface area contributed by atoms with Crippen LogP contribution in [0.25, 0.3) is 0 Å². The normalized spacial score (nSPS) is 23.4. The summed E-state index contributed by atoms with van der Waals surface area (Å²) in [6.07, 6.45) is 3.64. The fourth-order valence-corrected chi connectivity index (χ4v) is 5.21. The van der Waals surface area contributed by atoms with Gasteiger partial charge in [-0.15, -0.1) is 11.3 Å². The minimum atomic E-state index is -3.17. The fraction of sp³-hybridized carbons (Fsp3) is 0.462. The number of allylic oxidation sites excluding steroid dienone is 1. The van der Waals surface area contributed by atoms with E-state index < -0.39 is 15.1 Å². The Labute approximate surface area is 117 Å². The highest BCUT2D eigenvalue weighted by atomic mass is 32.2. The molecule has 1 atom stereocenters. The molecule has 2 heterocycles. The van der Waals surface area contributed by atoms with Gasteiger partial charge < -0.3 is 4.90 Å². The lowest BCUT2D eigenvalue weighted by molar-refractivity contribution is -0.125. The summed E-state index contributed by atoms with van der Waals surface area (Å²) in [5, 5.41) is 1.43. The van der Waals surface area contributed by atoms with Crippen molar-refractivity contribution in [3.05, 3.63) is 34.5 Å².